The molecule has 0 bridgehead atoms. The van der Waals surface area contributed by atoms with E-state index in [4.69, 9.17) is 0 Å². The van der Waals surface area contributed by atoms with E-state index >= 15 is 0 Å². The Morgan fingerprint density at radius 3 is 1.43 bits per heavy atom. The molecule has 0 aliphatic heterocycles. The van der Waals surface area contributed by atoms with Crippen molar-refractivity contribution in [2.45, 2.75) is 84.0 Å². The summed E-state index contributed by atoms with van der Waals surface area (Å²) in [6.45, 7) is 2.26. The van der Waals surface area contributed by atoms with Crippen LogP contribution in [0.2, 0.25) is 0 Å². The van der Waals surface area contributed by atoms with Crippen molar-refractivity contribution in [1.29, 1.82) is 0 Å². The molecule has 0 saturated heterocycles. The molecule has 0 aliphatic rings. The van der Waals surface area contributed by atoms with E-state index in [0.717, 1.165) is 12.8 Å². The molecule has 0 heterocycles. The Morgan fingerprint density at radius 2 is 1.10 bits per heavy atom. The Balaban J connectivity index is -0.00000162. The molecule has 0 aromatic rings. The minimum absolute atomic E-state index is 0. The first-order chi connectivity index (χ1) is 9.06. The van der Waals surface area contributed by atoms with Gasteiger partial charge < -0.3 is 10.7 Å². The molecule has 0 saturated carbocycles. The van der Waals surface area contributed by atoms with Crippen LogP contribution in [-0.4, -0.2) is 49.1 Å². The van der Waals surface area contributed by atoms with Crippen molar-refractivity contribution in [2.24, 2.45) is 0 Å². The molecule has 0 aromatic heterocycles. The molecule has 0 amide bonds. The normalized spacial score (nSPS) is 10.8. The number of rotatable bonds is 14. The van der Waals surface area contributed by atoms with Crippen molar-refractivity contribution in [2.75, 3.05) is 6.61 Å². The van der Waals surface area contributed by atoms with Crippen molar-refractivity contribution in [3.05, 3.63) is 0 Å². The average molecular weight is 334 g/mol. The maximum absolute atomic E-state index is 10.2. The fraction of sp³-hybridized carbons (Fsp3) is 1.00. The van der Waals surface area contributed by atoms with E-state index in [1.165, 1.54) is 57.8 Å². The van der Waals surface area contributed by atoms with Crippen molar-refractivity contribution < 1.29 is 17.2 Å². The summed E-state index contributed by atoms with van der Waals surface area (Å²) in [5.74, 6) is 0. The van der Waals surface area contributed by atoms with Crippen LogP contribution < -0.4 is 6.15 Å². The standard InChI is InChI=1S/C14H30O4S.H3N.Na/c1-2-3-4-5-6-7-8-9-10-11-12-13-14-18-19(15,16)17;;/h2-14H2,1H3,(H,15,16,17);1H3;. The zero-order valence-electron chi connectivity index (χ0n) is 14.2. The number of quaternary nitrogens is 1. The Morgan fingerprint density at radius 1 is 0.762 bits per heavy atom. The molecule has 125 valence electrons. The van der Waals surface area contributed by atoms with E-state index in [2.05, 4.69) is 11.1 Å². The molecule has 21 heavy (non-hydrogen) atoms. The second-order valence-corrected chi connectivity index (χ2v) is 6.17. The van der Waals surface area contributed by atoms with Crippen molar-refractivity contribution in [1.82, 2.24) is 6.15 Å². The molecular weight excluding hydrogens is 301 g/mol. The molecule has 0 unspecified atom stereocenters. The van der Waals surface area contributed by atoms with E-state index in [1.807, 2.05) is 0 Å². The summed E-state index contributed by atoms with van der Waals surface area (Å²) < 4.78 is 34.6. The summed E-state index contributed by atoms with van der Waals surface area (Å²) in [6, 6.07) is 0. The smallest absolute Gasteiger partial charge is 0.217 e. The van der Waals surface area contributed by atoms with Gasteiger partial charge in [0.1, 0.15) is 0 Å². The van der Waals surface area contributed by atoms with Crippen molar-refractivity contribution >= 4 is 40.0 Å². The summed E-state index contributed by atoms with van der Waals surface area (Å²) in [5, 5.41) is 0. The molecule has 0 spiro atoms. The van der Waals surface area contributed by atoms with Crippen LogP contribution in [0.1, 0.15) is 84.0 Å². The predicted octanol–water partition coefficient (Wildman–Crippen LogP) is 4.16. The average Bonchev–Trinajstić information content (AvgIpc) is 2.34. The molecule has 7 heteroatoms. The molecule has 0 aliphatic carbocycles. The van der Waals surface area contributed by atoms with E-state index in [9.17, 15) is 13.0 Å². The molecule has 4 N–H and O–H groups in total. The summed E-state index contributed by atoms with van der Waals surface area (Å²) >= 11 is 0. The minimum atomic E-state index is -4.49. The van der Waals surface area contributed by atoms with E-state index in [1.54, 1.807) is 0 Å². The Hall–Kier alpha value is 0.830. The van der Waals surface area contributed by atoms with Gasteiger partial charge in [-0.1, -0.05) is 77.6 Å². The van der Waals surface area contributed by atoms with Gasteiger partial charge >= 0.3 is 0 Å². The van der Waals surface area contributed by atoms with Crippen LogP contribution >= 0.6 is 0 Å². The zero-order chi connectivity index (χ0) is 14.4. The van der Waals surface area contributed by atoms with E-state index < -0.39 is 10.4 Å². The third-order valence-electron chi connectivity index (χ3n) is 3.23. The Kier molecular flexibility index (Phi) is 24.0. The van der Waals surface area contributed by atoms with Gasteiger partial charge in [0.25, 0.3) is 0 Å². The second-order valence-electron chi connectivity index (χ2n) is 5.12. The molecule has 0 fully saturated rings. The first-order valence-electron chi connectivity index (χ1n) is 7.66. The molecule has 0 aromatic carbocycles. The predicted molar refractivity (Wildman–Crippen MR) is 88.5 cm³/mol. The number of unbranched alkanes of at least 4 members (excludes halogenated alkanes) is 11. The van der Waals surface area contributed by atoms with Gasteiger partial charge in [-0.15, -0.1) is 0 Å². The van der Waals surface area contributed by atoms with Gasteiger partial charge in [0.05, 0.1) is 6.61 Å². The molecule has 0 rings (SSSR count). The van der Waals surface area contributed by atoms with Crippen LogP contribution in [0.25, 0.3) is 0 Å². The first kappa shape index (κ1) is 26.7. The maximum atomic E-state index is 10.2. The quantitative estimate of drug-likeness (QED) is 0.223. The fourth-order valence-corrected chi connectivity index (χ4v) is 2.43. The van der Waals surface area contributed by atoms with Gasteiger partial charge in [-0.2, -0.15) is 0 Å². The van der Waals surface area contributed by atoms with Crippen molar-refractivity contribution in [3.63, 3.8) is 0 Å². The van der Waals surface area contributed by atoms with Gasteiger partial charge in [-0.25, -0.2) is 8.42 Å². The molecule has 1 radical (unpaired) electrons. The first-order valence-corrected chi connectivity index (χ1v) is 9.00. The van der Waals surface area contributed by atoms with Gasteiger partial charge in [0, 0.05) is 29.6 Å². The molecule has 0 atom stereocenters. The fourth-order valence-electron chi connectivity index (χ4n) is 2.10. The van der Waals surface area contributed by atoms with Crippen LogP contribution in [0.15, 0.2) is 0 Å². The third kappa shape index (κ3) is 26.1. The second kappa shape index (κ2) is 18.9. The maximum Gasteiger partial charge on any atom is 0.217 e. The van der Waals surface area contributed by atoms with Crippen LogP contribution in [0, 0.1) is 0 Å². The van der Waals surface area contributed by atoms with Gasteiger partial charge in [-0.3, -0.25) is 4.18 Å². The zero-order valence-corrected chi connectivity index (χ0v) is 17.1. The number of hydrogen-bond donors (Lipinski definition) is 1. The Bertz CT molecular complexity index is 287. The topological polar surface area (TPSA) is 103 Å². The minimum Gasteiger partial charge on any atom is -0.726 e. The van der Waals surface area contributed by atoms with Crippen LogP contribution in [0.3, 0.4) is 0 Å². The third-order valence-corrected chi connectivity index (χ3v) is 3.68. The van der Waals surface area contributed by atoms with E-state index in [0.29, 0.717) is 6.42 Å². The largest absolute Gasteiger partial charge is 0.726 e. The Labute approximate surface area is 153 Å². The van der Waals surface area contributed by atoms with Crippen LogP contribution in [0.5, 0.6) is 0 Å². The summed E-state index contributed by atoms with van der Waals surface area (Å²) in [7, 11) is -4.49. The van der Waals surface area contributed by atoms with Crippen molar-refractivity contribution in [3.8, 4) is 0 Å². The van der Waals surface area contributed by atoms with Crippen LogP contribution in [0.4, 0.5) is 0 Å². The summed E-state index contributed by atoms with van der Waals surface area (Å²) in [4.78, 5) is 0. The summed E-state index contributed by atoms with van der Waals surface area (Å²) in [6.07, 6.45) is 14.5. The van der Waals surface area contributed by atoms with E-state index in [-0.39, 0.29) is 42.3 Å². The van der Waals surface area contributed by atoms with Gasteiger partial charge in [0.2, 0.25) is 10.4 Å². The molecule has 5 nitrogen and oxygen atoms in total. The SMILES string of the molecule is CCCCCCCCCCCCCCOS(=O)(=O)[O-].[NH4+].[Na]. The van der Waals surface area contributed by atoms with Crippen LogP contribution in [-0.2, 0) is 14.6 Å². The number of hydrogen-bond acceptors (Lipinski definition) is 4. The monoisotopic (exact) mass is 334 g/mol. The summed E-state index contributed by atoms with van der Waals surface area (Å²) in [5.41, 5.74) is 0. The molecular formula is C14H33NNaO4S. The van der Waals surface area contributed by atoms with Gasteiger partial charge in [0.15, 0.2) is 0 Å². The van der Waals surface area contributed by atoms with Gasteiger partial charge in [-0.05, 0) is 6.42 Å².